The first-order valence-electron chi connectivity index (χ1n) is 4.68. The van der Waals surface area contributed by atoms with Crippen LogP contribution in [-0.4, -0.2) is 4.33 Å². The Hall–Kier alpha value is 0.580. The van der Waals surface area contributed by atoms with Gasteiger partial charge in [0.15, 0.2) is 0 Å². The van der Waals surface area contributed by atoms with Crippen LogP contribution in [0.5, 0.6) is 0 Å². The maximum Gasteiger partial charge on any atom is 0.127 e. The normalized spacial score (nSPS) is 30.8. The standard InChI is InChI=1S/C10H18Cl2/c1-7(2)5-6-8-9(3,4)10(8,11)12/h7-8H,5-6H2,1-4H3. The first kappa shape index (κ1) is 10.7. The smallest absolute Gasteiger partial charge is 0.101 e. The number of hydrogen-bond acceptors (Lipinski definition) is 0. The second-order valence-electron chi connectivity index (χ2n) is 4.87. The minimum Gasteiger partial charge on any atom is -0.101 e. The van der Waals surface area contributed by atoms with E-state index in [9.17, 15) is 0 Å². The molecule has 0 aliphatic heterocycles. The summed E-state index contributed by atoms with van der Waals surface area (Å²) in [6.45, 7) is 8.77. The summed E-state index contributed by atoms with van der Waals surface area (Å²) in [5, 5.41) is 0. The van der Waals surface area contributed by atoms with Crippen LogP contribution in [0.1, 0.15) is 40.5 Å². The van der Waals surface area contributed by atoms with Crippen LogP contribution in [0.25, 0.3) is 0 Å². The second kappa shape index (κ2) is 3.06. The predicted molar refractivity (Wildman–Crippen MR) is 55.8 cm³/mol. The quantitative estimate of drug-likeness (QED) is 0.609. The first-order chi connectivity index (χ1) is 5.30. The maximum atomic E-state index is 6.15. The number of alkyl halides is 2. The summed E-state index contributed by atoms with van der Waals surface area (Å²) in [5.41, 5.74) is 0.130. The second-order valence-corrected chi connectivity index (χ2v) is 6.25. The van der Waals surface area contributed by atoms with Gasteiger partial charge in [-0.25, -0.2) is 0 Å². The lowest BCUT2D eigenvalue weighted by Gasteiger charge is -2.03. The lowest BCUT2D eigenvalue weighted by molar-refractivity contribution is 0.468. The van der Waals surface area contributed by atoms with E-state index in [1.54, 1.807) is 0 Å². The van der Waals surface area contributed by atoms with Gasteiger partial charge in [-0.1, -0.05) is 34.1 Å². The van der Waals surface area contributed by atoms with E-state index in [0.717, 1.165) is 12.3 Å². The average molecular weight is 209 g/mol. The molecule has 0 heterocycles. The van der Waals surface area contributed by atoms with Crippen LogP contribution in [0.4, 0.5) is 0 Å². The van der Waals surface area contributed by atoms with Gasteiger partial charge in [0.2, 0.25) is 0 Å². The molecule has 0 nitrogen and oxygen atoms in total. The van der Waals surface area contributed by atoms with Gasteiger partial charge in [0.05, 0.1) is 0 Å². The van der Waals surface area contributed by atoms with Crippen LogP contribution in [0.3, 0.4) is 0 Å². The SMILES string of the molecule is CC(C)CCC1C(C)(C)C1(Cl)Cl. The fourth-order valence-electron chi connectivity index (χ4n) is 1.80. The summed E-state index contributed by atoms with van der Waals surface area (Å²) in [6.07, 6.45) is 2.40. The van der Waals surface area contributed by atoms with Gasteiger partial charge in [0.25, 0.3) is 0 Å². The summed E-state index contributed by atoms with van der Waals surface area (Å²) in [6, 6.07) is 0. The van der Waals surface area contributed by atoms with E-state index in [1.807, 2.05) is 0 Å². The van der Waals surface area contributed by atoms with Crippen LogP contribution in [0.15, 0.2) is 0 Å². The minimum atomic E-state index is -0.456. The Balaban J connectivity index is 2.39. The summed E-state index contributed by atoms with van der Waals surface area (Å²) in [5.74, 6) is 1.25. The van der Waals surface area contributed by atoms with E-state index in [4.69, 9.17) is 23.2 Å². The van der Waals surface area contributed by atoms with Gasteiger partial charge in [-0.05, 0) is 12.3 Å². The van der Waals surface area contributed by atoms with Gasteiger partial charge in [-0.15, -0.1) is 23.2 Å². The van der Waals surface area contributed by atoms with E-state index in [1.165, 1.54) is 6.42 Å². The molecule has 0 aromatic heterocycles. The lowest BCUT2D eigenvalue weighted by atomic mass is 10.0. The van der Waals surface area contributed by atoms with Crippen molar-refractivity contribution in [3.8, 4) is 0 Å². The van der Waals surface area contributed by atoms with Gasteiger partial charge >= 0.3 is 0 Å². The molecular weight excluding hydrogens is 191 g/mol. The number of halogens is 2. The van der Waals surface area contributed by atoms with Gasteiger partial charge < -0.3 is 0 Å². The highest BCUT2D eigenvalue weighted by Crippen LogP contribution is 2.70. The lowest BCUT2D eigenvalue weighted by Crippen LogP contribution is -1.96. The van der Waals surface area contributed by atoms with Crippen molar-refractivity contribution in [2.75, 3.05) is 0 Å². The molecule has 0 N–H and O–H groups in total. The highest BCUT2D eigenvalue weighted by atomic mass is 35.5. The summed E-state index contributed by atoms with van der Waals surface area (Å²) >= 11 is 12.3. The van der Waals surface area contributed by atoms with E-state index in [-0.39, 0.29) is 5.41 Å². The Bertz CT molecular complexity index is 157. The molecule has 1 unspecified atom stereocenters. The van der Waals surface area contributed by atoms with Crippen molar-refractivity contribution in [2.45, 2.75) is 44.9 Å². The van der Waals surface area contributed by atoms with Crippen LogP contribution >= 0.6 is 23.2 Å². The van der Waals surface area contributed by atoms with Gasteiger partial charge in [0.1, 0.15) is 4.33 Å². The Morgan fingerprint density at radius 3 is 1.92 bits per heavy atom. The molecule has 0 amide bonds. The average Bonchev–Trinajstić information content (AvgIpc) is 2.21. The van der Waals surface area contributed by atoms with Crippen LogP contribution in [0.2, 0.25) is 0 Å². The van der Waals surface area contributed by atoms with E-state index >= 15 is 0 Å². The predicted octanol–water partition coefficient (Wildman–Crippen LogP) is 4.25. The molecule has 0 aromatic carbocycles. The largest absolute Gasteiger partial charge is 0.127 e. The van der Waals surface area contributed by atoms with Crippen LogP contribution in [-0.2, 0) is 0 Å². The van der Waals surface area contributed by atoms with Crippen molar-refractivity contribution in [3.63, 3.8) is 0 Å². The van der Waals surface area contributed by atoms with Gasteiger partial charge in [-0.3, -0.25) is 0 Å². The van der Waals surface area contributed by atoms with Crippen molar-refractivity contribution in [3.05, 3.63) is 0 Å². The Kier molecular flexibility index (Phi) is 2.72. The molecule has 1 aliphatic rings. The molecule has 1 aliphatic carbocycles. The third-order valence-corrected chi connectivity index (χ3v) is 4.62. The third kappa shape index (κ3) is 1.61. The molecule has 0 spiro atoms. The minimum absolute atomic E-state index is 0.130. The highest BCUT2D eigenvalue weighted by molar-refractivity contribution is 6.51. The molecule has 0 radical (unpaired) electrons. The molecule has 72 valence electrons. The monoisotopic (exact) mass is 208 g/mol. The van der Waals surface area contributed by atoms with E-state index in [0.29, 0.717) is 5.92 Å². The molecule has 0 saturated heterocycles. The molecule has 1 atom stereocenters. The molecule has 12 heavy (non-hydrogen) atoms. The van der Waals surface area contributed by atoms with Crippen molar-refractivity contribution < 1.29 is 0 Å². The molecule has 1 saturated carbocycles. The topological polar surface area (TPSA) is 0 Å². The summed E-state index contributed by atoms with van der Waals surface area (Å²) in [4.78, 5) is 0. The zero-order valence-corrected chi connectivity index (χ0v) is 9.84. The third-order valence-electron chi connectivity index (χ3n) is 3.12. The molecule has 0 bridgehead atoms. The van der Waals surface area contributed by atoms with Crippen LogP contribution < -0.4 is 0 Å². The molecular formula is C10H18Cl2. The molecule has 1 rings (SSSR count). The Morgan fingerprint density at radius 2 is 1.67 bits per heavy atom. The fourth-order valence-corrected chi connectivity index (χ4v) is 2.72. The zero-order chi connectivity index (χ0) is 9.57. The first-order valence-corrected chi connectivity index (χ1v) is 5.43. The summed E-state index contributed by atoms with van der Waals surface area (Å²) < 4.78 is -0.456. The fraction of sp³-hybridized carbons (Fsp3) is 1.00. The van der Waals surface area contributed by atoms with E-state index in [2.05, 4.69) is 27.7 Å². The Morgan fingerprint density at radius 1 is 1.25 bits per heavy atom. The van der Waals surface area contributed by atoms with Gasteiger partial charge in [0, 0.05) is 11.3 Å². The number of rotatable bonds is 3. The molecule has 2 heteroatoms. The maximum absolute atomic E-state index is 6.15. The number of hydrogen-bond donors (Lipinski definition) is 0. The van der Waals surface area contributed by atoms with Crippen molar-refractivity contribution in [1.29, 1.82) is 0 Å². The summed E-state index contributed by atoms with van der Waals surface area (Å²) in [7, 11) is 0. The highest BCUT2D eigenvalue weighted by Gasteiger charge is 2.69. The van der Waals surface area contributed by atoms with Crippen LogP contribution in [0, 0.1) is 17.3 Å². The molecule has 0 aromatic rings. The van der Waals surface area contributed by atoms with Crippen molar-refractivity contribution in [1.82, 2.24) is 0 Å². The van der Waals surface area contributed by atoms with Gasteiger partial charge in [-0.2, -0.15) is 0 Å². The van der Waals surface area contributed by atoms with Crippen molar-refractivity contribution >= 4 is 23.2 Å². The van der Waals surface area contributed by atoms with Crippen molar-refractivity contribution in [2.24, 2.45) is 17.3 Å². The Labute approximate surface area is 85.6 Å². The molecule has 1 fully saturated rings. The van der Waals surface area contributed by atoms with E-state index < -0.39 is 4.33 Å². The zero-order valence-electron chi connectivity index (χ0n) is 8.32.